The summed E-state index contributed by atoms with van der Waals surface area (Å²) in [7, 11) is 1.79. The zero-order valence-electron chi connectivity index (χ0n) is 7.32. The van der Waals surface area contributed by atoms with Gasteiger partial charge in [0.1, 0.15) is 6.29 Å². The van der Waals surface area contributed by atoms with E-state index in [-0.39, 0.29) is 6.03 Å². The number of urea groups is 1. The molecule has 0 saturated carbocycles. The van der Waals surface area contributed by atoms with Crippen LogP contribution < -0.4 is 0 Å². The number of rotatable bonds is 3. The number of carbonyl (C=O) groups is 2. The van der Waals surface area contributed by atoms with Gasteiger partial charge in [-0.2, -0.15) is 0 Å². The SMILES string of the molecule is CN1CCCN(CCC=O)C1=O. The van der Waals surface area contributed by atoms with Gasteiger partial charge in [0.25, 0.3) is 0 Å². The van der Waals surface area contributed by atoms with Gasteiger partial charge in [-0.15, -0.1) is 0 Å². The second kappa shape index (κ2) is 4.09. The van der Waals surface area contributed by atoms with Crippen molar-refractivity contribution in [2.24, 2.45) is 0 Å². The third-order valence-electron chi connectivity index (χ3n) is 2.04. The van der Waals surface area contributed by atoms with Crippen molar-refractivity contribution in [3.8, 4) is 0 Å². The van der Waals surface area contributed by atoms with Crippen LogP contribution >= 0.6 is 0 Å². The molecular formula is C8H14N2O2. The maximum absolute atomic E-state index is 11.4. The van der Waals surface area contributed by atoms with E-state index in [1.807, 2.05) is 0 Å². The summed E-state index contributed by atoms with van der Waals surface area (Å²) in [5.41, 5.74) is 0. The number of amides is 2. The molecule has 0 spiro atoms. The summed E-state index contributed by atoms with van der Waals surface area (Å²) in [5.74, 6) is 0. The summed E-state index contributed by atoms with van der Waals surface area (Å²) in [6.07, 6.45) is 2.29. The molecule has 1 heterocycles. The summed E-state index contributed by atoms with van der Waals surface area (Å²) in [4.78, 5) is 24.9. The molecule has 0 unspecified atom stereocenters. The lowest BCUT2D eigenvalue weighted by Crippen LogP contribution is -2.47. The van der Waals surface area contributed by atoms with E-state index >= 15 is 0 Å². The molecule has 0 atom stereocenters. The van der Waals surface area contributed by atoms with Crippen LogP contribution in [0.2, 0.25) is 0 Å². The Morgan fingerprint density at radius 1 is 1.50 bits per heavy atom. The molecule has 0 radical (unpaired) electrons. The van der Waals surface area contributed by atoms with E-state index in [9.17, 15) is 9.59 Å². The van der Waals surface area contributed by atoms with Gasteiger partial charge in [0.05, 0.1) is 0 Å². The van der Waals surface area contributed by atoms with E-state index in [2.05, 4.69) is 0 Å². The van der Waals surface area contributed by atoms with E-state index in [0.29, 0.717) is 13.0 Å². The summed E-state index contributed by atoms with van der Waals surface area (Å²) in [5, 5.41) is 0. The van der Waals surface area contributed by atoms with E-state index in [1.165, 1.54) is 0 Å². The zero-order chi connectivity index (χ0) is 8.97. The number of nitrogens with zero attached hydrogens (tertiary/aromatic N) is 2. The smallest absolute Gasteiger partial charge is 0.319 e. The average Bonchev–Trinajstić information content (AvgIpc) is 2.08. The van der Waals surface area contributed by atoms with E-state index < -0.39 is 0 Å². The topological polar surface area (TPSA) is 40.6 Å². The first-order chi connectivity index (χ1) is 5.75. The summed E-state index contributed by atoms with van der Waals surface area (Å²) < 4.78 is 0. The Balaban J connectivity index is 2.40. The lowest BCUT2D eigenvalue weighted by Gasteiger charge is -2.32. The molecule has 12 heavy (non-hydrogen) atoms. The third kappa shape index (κ3) is 1.96. The van der Waals surface area contributed by atoms with Crippen molar-refractivity contribution in [3.05, 3.63) is 0 Å². The highest BCUT2D eigenvalue weighted by Gasteiger charge is 2.21. The fourth-order valence-electron chi connectivity index (χ4n) is 1.35. The van der Waals surface area contributed by atoms with E-state index in [0.717, 1.165) is 25.8 Å². The van der Waals surface area contributed by atoms with Crippen molar-refractivity contribution in [1.29, 1.82) is 0 Å². The molecular weight excluding hydrogens is 156 g/mol. The molecule has 4 heteroatoms. The molecule has 0 aromatic carbocycles. The number of hydrogen-bond acceptors (Lipinski definition) is 2. The highest BCUT2D eigenvalue weighted by Crippen LogP contribution is 2.06. The van der Waals surface area contributed by atoms with Crippen LogP contribution in [0, 0.1) is 0 Å². The Bertz CT molecular complexity index is 182. The second-order valence-electron chi connectivity index (χ2n) is 3.00. The van der Waals surface area contributed by atoms with Gasteiger partial charge in [0, 0.05) is 33.1 Å². The first-order valence-corrected chi connectivity index (χ1v) is 4.19. The van der Waals surface area contributed by atoms with Crippen LogP contribution in [-0.2, 0) is 4.79 Å². The van der Waals surface area contributed by atoms with Crippen LogP contribution in [0.4, 0.5) is 4.79 Å². The lowest BCUT2D eigenvalue weighted by molar-refractivity contribution is -0.108. The Morgan fingerprint density at radius 3 is 2.92 bits per heavy atom. The number of aldehydes is 1. The Morgan fingerprint density at radius 2 is 2.25 bits per heavy atom. The first-order valence-electron chi connectivity index (χ1n) is 4.19. The summed E-state index contributed by atoms with van der Waals surface area (Å²) in [6.45, 7) is 2.18. The molecule has 68 valence electrons. The zero-order valence-corrected chi connectivity index (χ0v) is 7.32. The standard InChI is InChI=1S/C8H14N2O2/c1-9-4-2-5-10(8(9)12)6-3-7-11/h7H,2-6H2,1H3. The predicted molar refractivity (Wildman–Crippen MR) is 44.9 cm³/mol. The Kier molecular flexibility index (Phi) is 3.08. The maximum atomic E-state index is 11.4. The van der Waals surface area contributed by atoms with Crippen molar-refractivity contribution < 1.29 is 9.59 Å². The normalized spacial score (nSPS) is 18.2. The molecule has 1 fully saturated rings. The molecule has 1 rings (SSSR count). The second-order valence-corrected chi connectivity index (χ2v) is 3.00. The Labute approximate surface area is 72.1 Å². The van der Waals surface area contributed by atoms with Gasteiger partial charge in [0.2, 0.25) is 0 Å². The van der Waals surface area contributed by atoms with Crippen molar-refractivity contribution in [1.82, 2.24) is 9.80 Å². The molecule has 1 saturated heterocycles. The van der Waals surface area contributed by atoms with E-state index in [4.69, 9.17) is 0 Å². The molecule has 0 aliphatic carbocycles. The van der Waals surface area contributed by atoms with Gasteiger partial charge in [-0.05, 0) is 6.42 Å². The molecule has 0 bridgehead atoms. The van der Waals surface area contributed by atoms with Gasteiger partial charge in [-0.25, -0.2) is 4.79 Å². The van der Waals surface area contributed by atoms with Crippen molar-refractivity contribution in [3.63, 3.8) is 0 Å². The molecule has 1 aliphatic heterocycles. The average molecular weight is 170 g/mol. The third-order valence-corrected chi connectivity index (χ3v) is 2.04. The number of hydrogen-bond donors (Lipinski definition) is 0. The van der Waals surface area contributed by atoms with Crippen LogP contribution in [0.25, 0.3) is 0 Å². The summed E-state index contributed by atoms with van der Waals surface area (Å²) in [6, 6.07) is 0.0445. The van der Waals surface area contributed by atoms with Gasteiger partial charge in [-0.3, -0.25) is 0 Å². The lowest BCUT2D eigenvalue weighted by atomic mass is 10.3. The minimum Gasteiger partial charge on any atom is -0.328 e. The molecule has 0 N–H and O–H groups in total. The van der Waals surface area contributed by atoms with Gasteiger partial charge >= 0.3 is 6.03 Å². The fraction of sp³-hybridized carbons (Fsp3) is 0.750. The molecule has 4 nitrogen and oxygen atoms in total. The molecule has 0 aromatic heterocycles. The van der Waals surface area contributed by atoms with Crippen LogP contribution in [0.3, 0.4) is 0 Å². The summed E-state index contributed by atoms with van der Waals surface area (Å²) >= 11 is 0. The molecule has 2 amide bonds. The maximum Gasteiger partial charge on any atom is 0.319 e. The van der Waals surface area contributed by atoms with Crippen LogP contribution in [0.15, 0.2) is 0 Å². The minimum atomic E-state index is 0.0445. The van der Waals surface area contributed by atoms with Crippen LogP contribution in [-0.4, -0.2) is 48.8 Å². The van der Waals surface area contributed by atoms with Crippen LogP contribution in [0.1, 0.15) is 12.8 Å². The van der Waals surface area contributed by atoms with Crippen molar-refractivity contribution >= 4 is 12.3 Å². The van der Waals surface area contributed by atoms with Gasteiger partial charge < -0.3 is 14.6 Å². The minimum absolute atomic E-state index is 0.0445. The monoisotopic (exact) mass is 170 g/mol. The highest BCUT2D eigenvalue weighted by atomic mass is 16.2. The van der Waals surface area contributed by atoms with Crippen molar-refractivity contribution in [2.45, 2.75) is 12.8 Å². The van der Waals surface area contributed by atoms with Gasteiger partial charge in [0.15, 0.2) is 0 Å². The molecule has 1 aliphatic rings. The quantitative estimate of drug-likeness (QED) is 0.573. The van der Waals surface area contributed by atoms with Gasteiger partial charge in [-0.1, -0.05) is 0 Å². The molecule has 0 aromatic rings. The predicted octanol–water partition coefficient (Wildman–Crippen LogP) is 0.333. The largest absolute Gasteiger partial charge is 0.328 e. The van der Waals surface area contributed by atoms with Crippen molar-refractivity contribution in [2.75, 3.05) is 26.7 Å². The number of carbonyl (C=O) groups excluding carboxylic acids is 2. The Hall–Kier alpha value is -1.06. The highest BCUT2D eigenvalue weighted by molar-refractivity contribution is 5.75. The van der Waals surface area contributed by atoms with E-state index in [1.54, 1.807) is 16.8 Å². The first kappa shape index (κ1) is 9.03. The van der Waals surface area contributed by atoms with Crippen LogP contribution in [0.5, 0.6) is 0 Å². The fourth-order valence-corrected chi connectivity index (χ4v) is 1.35.